The van der Waals surface area contributed by atoms with Gasteiger partial charge in [0, 0.05) is 74.7 Å². The minimum absolute atomic E-state index is 0. The van der Waals surface area contributed by atoms with E-state index in [1.165, 1.54) is 6.92 Å². The van der Waals surface area contributed by atoms with Crippen LogP contribution in [0.2, 0.25) is 0 Å². The zero-order valence-corrected chi connectivity index (χ0v) is 41.4. The van der Waals surface area contributed by atoms with Gasteiger partial charge in [-0.25, -0.2) is 4.98 Å². The Bertz CT molecular complexity index is 2260. The molecule has 0 unspecified atom stereocenters. The van der Waals surface area contributed by atoms with Gasteiger partial charge >= 0.3 is 118 Å². The van der Waals surface area contributed by atoms with Crippen molar-refractivity contribution in [3.63, 3.8) is 0 Å². The second-order valence-electron chi connectivity index (χ2n) is 13.1. The van der Waals surface area contributed by atoms with Gasteiger partial charge in [0.1, 0.15) is 0 Å². The fourth-order valence-corrected chi connectivity index (χ4v) is 7.12. The Hall–Kier alpha value is -2.05. The number of aryl methyl sites for hydroxylation is 3. The predicted molar refractivity (Wildman–Crippen MR) is 183 cm³/mol. The summed E-state index contributed by atoms with van der Waals surface area (Å²) in [4.78, 5) is 77.5. The van der Waals surface area contributed by atoms with Crippen molar-refractivity contribution in [3.8, 4) is 0 Å². The first-order valence-electron chi connectivity index (χ1n) is 16.8. The number of hydrogen-bond acceptors (Lipinski definition) is 11. The molecule has 1 amide bonds. The van der Waals surface area contributed by atoms with Crippen molar-refractivity contribution in [2.24, 2.45) is 0 Å². The number of carboxylic acids is 4. The summed E-state index contributed by atoms with van der Waals surface area (Å²) in [6, 6.07) is 3.50. The van der Waals surface area contributed by atoms with Gasteiger partial charge in [-0.1, -0.05) is 26.5 Å². The molecule has 0 radical (unpaired) electrons. The molecule has 0 aliphatic carbocycles. The van der Waals surface area contributed by atoms with E-state index in [0.29, 0.717) is 23.1 Å². The first-order valence-corrected chi connectivity index (χ1v) is 16.8. The summed E-state index contributed by atoms with van der Waals surface area (Å²) in [6.07, 6.45) is 0.157. The van der Waals surface area contributed by atoms with Crippen LogP contribution in [0.15, 0.2) is 24.8 Å². The molecule has 0 saturated carbocycles. The van der Waals surface area contributed by atoms with Crippen molar-refractivity contribution >= 4 is 69.1 Å². The number of carboxylic acid groups (broad SMARTS) is 4. The first kappa shape index (κ1) is 52.0. The Balaban J connectivity index is 0.00000392. The average molecular weight is 800 g/mol. The number of hydrogen-bond donors (Lipinski definition) is 3. The molecule has 3 atom stereocenters. The van der Waals surface area contributed by atoms with Crippen molar-refractivity contribution < 1.29 is 163 Å². The summed E-state index contributed by atoms with van der Waals surface area (Å²) < 4.78 is 0. The molecule has 5 heterocycles. The van der Waals surface area contributed by atoms with Gasteiger partial charge in [0.25, 0.3) is 0 Å². The van der Waals surface area contributed by atoms with Crippen LogP contribution in [-0.4, -0.2) is 55.8 Å². The molecule has 0 saturated heterocycles. The fourth-order valence-electron chi connectivity index (χ4n) is 7.12. The molecule has 2 aliphatic rings. The molecule has 2 aliphatic heterocycles. The maximum absolute atomic E-state index is 13.5. The standard InChI is InChI=1S/C38H41N5O9.4Na/c1-7-20-16(3)24-12-26-18(5)22(9-10-32(45)46)35(42-26)23(11-31(44)41-30(37(49)50)15-33(47)48)36-34(38(51)52)19(6)27(43-36)14-29-21(8-2)17(4)25(40-29)13-28(20)39-24;;;;/h7,12-14,18,22,30,39-40H,1,8-11,15H2,2-6H3,(H,41,44)(H,45,46)(H,47,48)(H,49,50)(H,51,52);;;;/q;4*+1/p-4/t18-,22-,30-;;;;/m0..../s1. The minimum atomic E-state index is -1.96. The van der Waals surface area contributed by atoms with Gasteiger partial charge in [-0.2, -0.15) is 0 Å². The molecular weight excluding hydrogens is 762 g/mol. The molecule has 272 valence electrons. The normalized spacial score (nSPS) is 14.9. The second kappa shape index (κ2) is 21.8. The number of aromatic nitrogens is 4. The van der Waals surface area contributed by atoms with E-state index in [2.05, 4.69) is 21.9 Å². The summed E-state index contributed by atoms with van der Waals surface area (Å²) in [5.41, 5.74) is 7.06. The van der Waals surface area contributed by atoms with E-state index < -0.39 is 66.9 Å². The van der Waals surface area contributed by atoms with E-state index in [1.54, 1.807) is 18.2 Å². The van der Waals surface area contributed by atoms with Gasteiger partial charge in [-0.3, -0.25) is 9.78 Å². The zero-order valence-electron chi connectivity index (χ0n) is 33.4. The minimum Gasteiger partial charge on any atom is -0.550 e. The summed E-state index contributed by atoms with van der Waals surface area (Å²) in [5, 5.41) is 49.6. The molecule has 3 aromatic heterocycles. The number of aromatic amines is 2. The van der Waals surface area contributed by atoms with Crippen molar-refractivity contribution in [1.29, 1.82) is 0 Å². The predicted octanol–water partition coefficient (Wildman–Crippen LogP) is -11.8. The number of amides is 1. The summed E-state index contributed by atoms with van der Waals surface area (Å²) in [6.45, 7) is 13.2. The summed E-state index contributed by atoms with van der Waals surface area (Å²) in [7, 11) is 0. The number of carbonyl (C=O) groups excluding carboxylic acids is 5. The number of fused-ring (bicyclic) bond motifs is 8. The number of nitrogens with one attached hydrogen (secondary N) is 3. The Labute approximate surface area is 412 Å². The number of H-pyrrole nitrogens is 2. The van der Waals surface area contributed by atoms with Crippen molar-refractivity contribution in [1.82, 2.24) is 25.3 Å². The largest absolute Gasteiger partial charge is 1.00 e. The molecule has 8 bridgehead atoms. The molecule has 0 fully saturated rings. The van der Waals surface area contributed by atoms with Crippen LogP contribution in [0.1, 0.15) is 102 Å². The number of carbonyl (C=O) groups is 5. The SMILES string of the molecule is C=Cc1c(C)c2cc3nc(c(CC(=O)N[C@@H](CC(=O)[O-])C(=O)[O-])c4nc(cc5[nH]c(cc1[nH]2)c(C)c5CC)C(C)=C4C(=O)[O-])[C@@H](CCC(=O)[O-])[C@@H]3C.[Na+].[Na+].[Na+].[Na+]. The monoisotopic (exact) mass is 799 g/mol. The molecule has 0 spiro atoms. The molecule has 18 heteroatoms. The third-order valence-electron chi connectivity index (χ3n) is 9.92. The van der Waals surface area contributed by atoms with Crippen molar-refractivity contribution in [2.75, 3.05) is 0 Å². The van der Waals surface area contributed by atoms with Crippen LogP contribution in [0.25, 0.3) is 39.3 Å². The van der Waals surface area contributed by atoms with Crippen LogP contribution in [0.3, 0.4) is 0 Å². The van der Waals surface area contributed by atoms with E-state index in [9.17, 15) is 44.4 Å². The van der Waals surface area contributed by atoms with Gasteiger partial charge in [0.15, 0.2) is 0 Å². The van der Waals surface area contributed by atoms with Crippen molar-refractivity contribution in [2.45, 2.75) is 84.6 Å². The Kier molecular flexibility index (Phi) is 20.2. The van der Waals surface area contributed by atoms with Gasteiger partial charge in [-0.15, -0.1) is 0 Å². The van der Waals surface area contributed by atoms with E-state index in [1.807, 2.05) is 33.8 Å². The topological polar surface area (TPSA) is 247 Å². The molecule has 0 aromatic carbocycles. The van der Waals surface area contributed by atoms with E-state index in [-0.39, 0.29) is 158 Å². The summed E-state index contributed by atoms with van der Waals surface area (Å²) >= 11 is 0. The quantitative estimate of drug-likeness (QED) is 0.145. The Morgan fingerprint density at radius 2 is 1.48 bits per heavy atom. The average Bonchev–Trinajstić information content (AvgIpc) is 3.74. The maximum atomic E-state index is 13.5. The smallest absolute Gasteiger partial charge is 0.550 e. The molecule has 5 rings (SSSR count). The van der Waals surface area contributed by atoms with Crippen molar-refractivity contribution in [3.05, 3.63) is 75.4 Å². The number of aliphatic carboxylic acids is 4. The van der Waals surface area contributed by atoms with E-state index >= 15 is 0 Å². The van der Waals surface area contributed by atoms with Gasteiger partial charge in [-0.05, 0) is 80.5 Å². The van der Waals surface area contributed by atoms with Crippen LogP contribution in [-0.2, 0) is 36.8 Å². The fraction of sp³-hybridized carbons (Fsp3) is 0.342. The van der Waals surface area contributed by atoms with Gasteiger partial charge < -0.3 is 54.9 Å². The number of nitrogens with zero attached hydrogens (tertiary/aromatic N) is 2. The van der Waals surface area contributed by atoms with Crippen LogP contribution >= 0.6 is 0 Å². The van der Waals surface area contributed by atoms with Crippen LogP contribution in [0.5, 0.6) is 0 Å². The van der Waals surface area contributed by atoms with E-state index in [0.717, 1.165) is 33.3 Å². The molecule has 3 aromatic rings. The maximum Gasteiger partial charge on any atom is 1.00 e. The van der Waals surface area contributed by atoms with Crippen LogP contribution < -0.4 is 144 Å². The third-order valence-corrected chi connectivity index (χ3v) is 9.92. The third kappa shape index (κ3) is 11.0. The first-order chi connectivity index (χ1) is 24.6. The second-order valence-corrected chi connectivity index (χ2v) is 13.1. The molecule has 56 heavy (non-hydrogen) atoms. The van der Waals surface area contributed by atoms with E-state index in [4.69, 9.17) is 9.97 Å². The van der Waals surface area contributed by atoms with Crippen LogP contribution in [0, 0.1) is 13.8 Å². The molecular formula is C38H37N5Na4O9. The van der Waals surface area contributed by atoms with Gasteiger partial charge in [0.05, 0.1) is 41.5 Å². The van der Waals surface area contributed by atoms with Crippen LogP contribution in [0.4, 0.5) is 0 Å². The van der Waals surface area contributed by atoms with Gasteiger partial charge in [0.2, 0.25) is 5.91 Å². The Morgan fingerprint density at radius 1 is 0.857 bits per heavy atom. The number of rotatable bonds is 12. The molecule has 14 nitrogen and oxygen atoms in total. The Morgan fingerprint density at radius 3 is 2.04 bits per heavy atom. The zero-order chi connectivity index (χ0) is 38.2. The molecule has 3 N–H and O–H groups in total. The number of allylic oxidation sites excluding steroid dienone is 1. The summed E-state index contributed by atoms with van der Waals surface area (Å²) in [5.74, 6) is -8.72.